The topological polar surface area (TPSA) is 29.0 Å². The summed E-state index contributed by atoms with van der Waals surface area (Å²) >= 11 is 0. The van der Waals surface area contributed by atoms with Gasteiger partial charge in [0, 0.05) is 17.4 Å². The monoisotopic (exact) mass is 399 g/mol. The third-order valence-electron chi connectivity index (χ3n) is 5.12. The van der Waals surface area contributed by atoms with Crippen molar-refractivity contribution in [1.29, 1.82) is 0 Å². The minimum absolute atomic E-state index is 0.826. The first kappa shape index (κ1) is 18.8. The lowest BCUT2D eigenvalue weighted by Gasteiger charge is -2.23. The number of hydrogen-bond acceptors (Lipinski definition) is 3. The van der Waals surface area contributed by atoms with Crippen LogP contribution in [0.5, 0.6) is 0 Å². The van der Waals surface area contributed by atoms with Crippen molar-refractivity contribution in [2.24, 2.45) is 0 Å². The number of hydrogen-bond donors (Lipinski definition) is 0. The Morgan fingerprint density at radius 3 is 1.90 bits per heavy atom. The second-order valence-corrected chi connectivity index (χ2v) is 7.19. The van der Waals surface area contributed by atoms with Crippen molar-refractivity contribution < 1.29 is 0 Å². The second kappa shape index (κ2) is 8.64. The fourth-order valence-corrected chi connectivity index (χ4v) is 3.64. The van der Waals surface area contributed by atoms with E-state index in [-0.39, 0.29) is 0 Å². The molecule has 0 aliphatic heterocycles. The maximum atomic E-state index is 5.02. The zero-order chi connectivity index (χ0) is 20.9. The minimum Gasteiger partial charge on any atom is -0.279 e. The van der Waals surface area contributed by atoms with Crippen LogP contribution in [0, 0.1) is 0 Å². The van der Waals surface area contributed by atoms with Crippen LogP contribution in [0.2, 0.25) is 0 Å². The van der Waals surface area contributed by atoms with E-state index in [1.165, 1.54) is 11.1 Å². The predicted molar refractivity (Wildman–Crippen MR) is 128 cm³/mol. The van der Waals surface area contributed by atoms with Crippen LogP contribution in [0.4, 0.5) is 17.3 Å². The standard InChI is InChI=1S/C28H21N3/c1-3-11-22(12-4-1)23-13-9-14-24(21-23)26-17-10-19-28(30-26)31(25-15-5-2-6-16-25)27-18-7-8-20-29-27/h1-21H. The molecule has 0 saturated carbocycles. The lowest BCUT2D eigenvalue weighted by molar-refractivity contribution is 1.13. The van der Waals surface area contributed by atoms with Gasteiger partial charge in [-0.05, 0) is 53.6 Å². The molecule has 3 heteroatoms. The van der Waals surface area contributed by atoms with E-state index in [4.69, 9.17) is 4.98 Å². The zero-order valence-corrected chi connectivity index (χ0v) is 17.0. The van der Waals surface area contributed by atoms with E-state index in [1.807, 2.05) is 54.6 Å². The minimum atomic E-state index is 0.826. The molecule has 3 aromatic carbocycles. The summed E-state index contributed by atoms with van der Waals surface area (Å²) < 4.78 is 0. The van der Waals surface area contributed by atoms with Gasteiger partial charge in [-0.1, -0.05) is 78.9 Å². The molecule has 0 aliphatic carbocycles. The second-order valence-electron chi connectivity index (χ2n) is 7.19. The number of nitrogens with zero attached hydrogens (tertiary/aromatic N) is 3. The Morgan fingerprint density at radius 2 is 1.13 bits per heavy atom. The Labute approximate surface area is 182 Å². The number of benzene rings is 3. The van der Waals surface area contributed by atoms with Crippen molar-refractivity contribution in [2.45, 2.75) is 0 Å². The van der Waals surface area contributed by atoms with Crippen LogP contribution in [0.3, 0.4) is 0 Å². The van der Waals surface area contributed by atoms with Gasteiger partial charge in [0.2, 0.25) is 0 Å². The number of rotatable bonds is 5. The average Bonchev–Trinajstić information content (AvgIpc) is 2.86. The fraction of sp³-hybridized carbons (Fsp3) is 0. The molecule has 31 heavy (non-hydrogen) atoms. The van der Waals surface area contributed by atoms with Crippen molar-refractivity contribution in [3.63, 3.8) is 0 Å². The van der Waals surface area contributed by atoms with Crippen LogP contribution in [0.1, 0.15) is 0 Å². The number of pyridine rings is 2. The molecule has 2 aromatic heterocycles. The van der Waals surface area contributed by atoms with Crippen LogP contribution in [0.15, 0.2) is 128 Å². The summed E-state index contributed by atoms with van der Waals surface area (Å²) in [6.45, 7) is 0. The smallest absolute Gasteiger partial charge is 0.139 e. The van der Waals surface area contributed by atoms with Crippen LogP contribution in [-0.2, 0) is 0 Å². The van der Waals surface area contributed by atoms with Crippen molar-refractivity contribution in [1.82, 2.24) is 9.97 Å². The highest BCUT2D eigenvalue weighted by molar-refractivity contribution is 5.75. The van der Waals surface area contributed by atoms with Crippen LogP contribution in [0.25, 0.3) is 22.4 Å². The van der Waals surface area contributed by atoms with Gasteiger partial charge in [0.1, 0.15) is 11.6 Å². The molecule has 5 rings (SSSR count). The molecular weight excluding hydrogens is 378 g/mol. The molecule has 0 saturated heterocycles. The van der Waals surface area contributed by atoms with E-state index in [0.29, 0.717) is 0 Å². The van der Waals surface area contributed by atoms with E-state index in [1.54, 1.807) is 6.20 Å². The SMILES string of the molecule is c1ccc(-c2cccc(-c3cccc(N(c4ccccc4)c4ccccn4)n3)c2)cc1. The molecular formula is C28H21N3. The summed E-state index contributed by atoms with van der Waals surface area (Å²) in [6, 6.07) is 41.1. The molecule has 2 heterocycles. The summed E-state index contributed by atoms with van der Waals surface area (Å²) in [5.74, 6) is 1.66. The van der Waals surface area contributed by atoms with Gasteiger partial charge in [0.05, 0.1) is 5.69 Å². The third-order valence-corrected chi connectivity index (χ3v) is 5.12. The molecule has 0 amide bonds. The Balaban J connectivity index is 1.58. The van der Waals surface area contributed by atoms with Crippen molar-refractivity contribution in [3.05, 3.63) is 128 Å². The molecule has 0 spiro atoms. The van der Waals surface area contributed by atoms with Crippen molar-refractivity contribution in [3.8, 4) is 22.4 Å². The molecule has 5 aromatic rings. The summed E-state index contributed by atoms with van der Waals surface area (Å²) in [5, 5.41) is 0. The molecule has 0 unspecified atom stereocenters. The Kier molecular flexibility index (Phi) is 5.23. The highest BCUT2D eigenvalue weighted by atomic mass is 15.2. The maximum absolute atomic E-state index is 5.02. The summed E-state index contributed by atoms with van der Waals surface area (Å²) in [4.78, 5) is 11.7. The van der Waals surface area contributed by atoms with Gasteiger partial charge in [-0.2, -0.15) is 0 Å². The molecule has 0 radical (unpaired) electrons. The molecule has 0 atom stereocenters. The summed E-state index contributed by atoms with van der Waals surface area (Å²) in [6.07, 6.45) is 1.80. The van der Waals surface area contributed by atoms with E-state index >= 15 is 0 Å². The first-order valence-electron chi connectivity index (χ1n) is 10.3. The number of para-hydroxylation sites is 1. The van der Waals surface area contributed by atoms with Gasteiger partial charge in [0.15, 0.2) is 0 Å². The lowest BCUT2D eigenvalue weighted by atomic mass is 10.0. The van der Waals surface area contributed by atoms with Crippen LogP contribution < -0.4 is 4.90 Å². The van der Waals surface area contributed by atoms with E-state index < -0.39 is 0 Å². The normalized spacial score (nSPS) is 10.6. The van der Waals surface area contributed by atoms with Crippen LogP contribution >= 0.6 is 0 Å². The highest BCUT2D eigenvalue weighted by Gasteiger charge is 2.15. The molecule has 0 bridgehead atoms. The molecule has 0 N–H and O–H groups in total. The zero-order valence-electron chi connectivity index (χ0n) is 17.0. The Bertz CT molecular complexity index is 1230. The Hall–Kier alpha value is -4.24. The van der Waals surface area contributed by atoms with E-state index in [0.717, 1.165) is 28.6 Å². The lowest BCUT2D eigenvalue weighted by Crippen LogP contribution is -2.13. The molecule has 0 fully saturated rings. The summed E-state index contributed by atoms with van der Waals surface area (Å²) in [5.41, 5.74) is 5.39. The molecule has 0 aliphatic rings. The van der Waals surface area contributed by atoms with Crippen molar-refractivity contribution in [2.75, 3.05) is 4.90 Å². The van der Waals surface area contributed by atoms with E-state index in [9.17, 15) is 0 Å². The molecule has 3 nitrogen and oxygen atoms in total. The fourth-order valence-electron chi connectivity index (χ4n) is 3.64. The number of anilines is 3. The Morgan fingerprint density at radius 1 is 0.484 bits per heavy atom. The first-order chi connectivity index (χ1) is 15.4. The van der Waals surface area contributed by atoms with Gasteiger partial charge in [-0.3, -0.25) is 4.90 Å². The van der Waals surface area contributed by atoms with Crippen LogP contribution in [-0.4, -0.2) is 9.97 Å². The predicted octanol–water partition coefficient (Wildman–Crippen LogP) is 7.28. The van der Waals surface area contributed by atoms with Gasteiger partial charge < -0.3 is 0 Å². The quantitative estimate of drug-likeness (QED) is 0.311. The third kappa shape index (κ3) is 4.07. The van der Waals surface area contributed by atoms with Gasteiger partial charge in [0.25, 0.3) is 0 Å². The average molecular weight is 399 g/mol. The first-order valence-corrected chi connectivity index (χ1v) is 10.3. The molecule has 148 valence electrons. The number of aromatic nitrogens is 2. The largest absolute Gasteiger partial charge is 0.279 e. The van der Waals surface area contributed by atoms with E-state index in [2.05, 4.69) is 76.6 Å². The van der Waals surface area contributed by atoms with Crippen molar-refractivity contribution >= 4 is 17.3 Å². The van der Waals surface area contributed by atoms with Gasteiger partial charge >= 0.3 is 0 Å². The highest BCUT2D eigenvalue weighted by Crippen LogP contribution is 2.33. The maximum Gasteiger partial charge on any atom is 0.139 e. The van der Waals surface area contributed by atoms with Gasteiger partial charge in [-0.15, -0.1) is 0 Å². The summed E-state index contributed by atoms with van der Waals surface area (Å²) in [7, 11) is 0. The van der Waals surface area contributed by atoms with Gasteiger partial charge in [-0.25, -0.2) is 9.97 Å².